The second-order valence-electron chi connectivity index (χ2n) is 4.17. The Labute approximate surface area is 124 Å². The number of rotatable bonds is 9. The molecule has 3 nitrogen and oxygen atoms in total. The molecule has 0 saturated carbocycles. The highest BCUT2D eigenvalue weighted by Gasteiger charge is 2.11. The maximum atomic E-state index is 5.78. The van der Waals surface area contributed by atoms with Gasteiger partial charge in [-0.1, -0.05) is 13.0 Å². The fourth-order valence-corrected chi connectivity index (χ4v) is 2.29. The molecule has 0 saturated heterocycles. The SMILES string of the molecule is C=CCCCOc1c(Br)cc(CNCC)cc1OC. The summed E-state index contributed by atoms with van der Waals surface area (Å²) in [6, 6.07) is 4.07. The van der Waals surface area contributed by atoms with Gasteiger partial charge in [0.25, 0.3) is 0 Å². The molecule has 1 aromatic carbocycles. The van der Waals surface area contributed by atoms with Gasteiger partial charge in [0.15, 0.2) is 11.5 Å². The van der Waals surface area contributed by atoms with Crippen LogP contribution in [0.3, 0.4) is 0 Å². The summed E-state index contributed by atoms with van der Waals surface area (Å²) in [4.78, 5) is 0. The van der Waals surface area contributed by atoms with Crippen LogP contribution < -0.4 is 14.8 Å². The Bertz CT molecular complexity index is 407. The average molecular weight is 328 g/mol. The van der Waals surface area contributed by atoms with Crippen molar-refractivity contribution in [3.8, 4) is 11.5 Å². The minimum Gasteiger partial charge on any atom is -0.493 e. The van der Waals surface area contributed by atoms with Crippen molar-refractivity contribution in [3.05, 3.63) is 34.8 Å². The third-order valence-electron chi connectivity index (χ3n) is 2.67. The van der Waals surface area contributed by atoms with Crippen LogP contribution in [0.5, 0.6) is 11.5 Å². The molecule has 4 heteroatoms. The lowest BCUT2D eigenvalue weighted by atomic mass is 10.2. The Balaban J connectivity index is 2.76. The molecule has 106 valence electrons. The number of nitrogens with one attached hydrogen (secondary N) is 1. The van der Waals surface area contributed by atoms with Gasteiger partial charge >= 0.3 is 0 Å². The van der Waals surface area contributed by atoms with Gasteiger partial charge in [-0.2, -0.15) is 0 Å². The van der Waals surface area contributed by atoms with Crippen molar-refractivity contribution in [2.24, 2.45) is 0 Å². The Morgan fingerprint density at radius 2 is 2.21 bits per heavy atom. The fraction of sp³-hybridized carbons (Fsp3) is 0.467. The largest absolute Gasteiger partial charge is 0.493 e. The zero-order valence-electron chi connectivity index (χ0n) is 11.7. The molecule has 1 N–H and O–H groups in total. The smallest absolute Gasteiger partial charge is 0.175 e. The molecule has 0 aliphatic heterocycles. The summed E-state index contributed by atoms with van der Waals surface area (Å²) >= 11 is 3.55. The van der Waals surface area contributed by atoms with E-state index in [1.54, 1.807) is 7.11 Å². The first-order valence-electron chi connectivity index (χ1n) is 6.53. The molecule has 0 aromatic heterocycles. The van der Waals surface area contributed by atoms with E-state index in [4.69, 9.17) is 9.47 Å². The van der Waals surface area contributed by atoms with Crippen LogP contribution in [0.1, 0.15) is 25.3 Å². The predicted molar refractivity (Wildman–Crippen MR) is 83.0 cm³/mol. The number of allylic oxidation sites excluding steroid dienone is 1. The van der Waals surface area contributed by atoms with Gasteiger partial charge in [-0.25, -0.2) is 0 Å². The minimum absolute atomic E-state index is 0.660. The standard InChI is InChI=1S/C15H22BrNO2/c1-4-6-7-8-19-15-13(16)9-12(11-17-5-2)10-14(15)18-3/h4,9-10,17H,1,5-8,11H2,2-3H3. The van der Waals surface area contributed by atoms with E-state index in [1.807, 2.05) is 12.1 Å². The van der Waals surface area contributed by atoms with Crippen molar-refractivity contribution >= 4 is 15.9 Å². The first-order valence-corrected chi connectivity index (χ1v) is 7.33. The summed E-state index contributed by atoms with van der Waals surface area (Å²) in [6.07, 6.45) is 3.81. The summed E-state index contributed by atoms with van der Waals surface area (Å²) in [5.74, 6) is 1.53. The molecule has 0 aliphatic carbocycles. The third kappa shape index (κ3) is 5.25. The lowest BCUT2D eigenvalue weighted by molar-refractivity contribution is 0.288. The molecular formula is C15H22BrNO2. The number of benzene rings is 1. The topological polar surface area (TPSA) is 30.5 Å². The van der Waals surface area contributed by atoms with Crippen LogP contribution in [0.15, 0.2) is 29.3 Å². The third-order valence-corrected chi connectivity index (χ3v) is 3.26. The Morgan fingerprint density at radius 3 is 2.84 bits per heavy atom. The predicted octanol–water partition coefficient (Wildman–Crippen LogP) is 3.91. The number of hydrogen-bond acceptors (Lipinski definition) is 3. The molecule has 0 unspecified atom stereocenters. The van der Waals surface area contributed by atoms with Gasteiger partial charge < -0.3 is 14.8 Å². The Morgan fingerprint density at radius 1 is 1.42 bits per heavy atom. The minimum atomic E-state index is 0.660. The maximum Gasteiger partial charge on any atom is 0.175 e. The van der Waals surface area contributed by atoms with Crippen molar-refractivity contribution in [2.45, 2.75) is 26.3 Å². The highest BCUT2D eigenvalue weighted by atomic mass is 79.9. The van der Waals surface area contributed by atoms with E-state index in [9.17, 15) is 0 Å². The molecule has 0 atom stereocenters. The highest BCUT2D eigenvalue weighted by molar-refractivity contribution is 9.10. The summed E-state index contributed by atoms with van der Waals surface area (Å²) in [5, 5.41) is 3.29. The van der Waals surface area contributed by atoms with Crippen LogP contribution >= 0.6 is 15.9 Å². The van der Waals surface area contributed by atoms with Gasteiger partial charge in [-0.15, -0.1) is 6.58 Å². The molecule has 0 radical (unpaired) electrons. The van der Waals surface area contributed by atoms with Crippen molar-refractivity contribution in [2.75, 3.05) is 20.3 Å². The zero-order valence-corrected chi connectivity index (χ0v) is 13.3. The van der Waals surface area contributed by atoms with Gasteiger partial charge in [0, 0.05) is 6.54 Å². The fourth-order valence-electron chi connectivity index (χ4n) is 1.69. The van der Waals surface area contributed by atoms with Gasteiger partial charge in [0.05, 0.1) is 18.2 Å². The highest BCUT2D eigenvalue weighted by Crippen LogP contribution is 2.36. The van der Waals surface area contributed by atoms with Crippen LogP contribution in [0, 0.1) is 0 Å². The first kappa shape index (κ1) is 16.1. The van der Waals surface area contributed by atoms with Gasteiger partial charge in [-0.05, 0) is 53.0 Å². The second kappa shape index (κ2) is 8.99. The monoisotopic (exact) mass is 327 g/mol. The second-order valence-corrected chi connectivity index (χ2v) is 5.02. The molecule has 0 spiro atoms. The molecule has 0 fully saturated rings. The van der Waals surface area contributed by atoms with E-state index >= 15 is 0 Å². The van der Waals surface area contributed by atoms with Gasteiger partial charge in [0.2, 0.25) is 0 Å². The molecule has 19 heavy (non-hydrogen) atoms. The van der Waals surface area contributed by atoms with Crippen LogP contribution in [0.4, 0.5) is 0 Å². The number of ether oxygens (including phenoxy) is 2. The average Bonchev–Trinajstić information content (AvgIpc) is 2.42. The molecular weight excluding hydrogens is 306 g/mol. The number of halogens is 1. The van der Waals surface area contributed by atoms with Crippen LogP contribution in [-0.2, 0) is 6.54 Å². The van der Waals surface area contributed by atoms with Crippen molar-refractivity contribution in [1.29, 1.82) is 0 Å². The lowest BCUT2D eigenvalue weighted by Crippen LogP contribution is -2.12. The molecule has 0 aliphatic rings. The van der Waals surface area contributed by atoms with Gasteiger partial charge in [-0.3, -0.25) is 0 Å². The lowest BCUT2D eigenvalue weighted by Gasteiger charge is -2.14. The zero-order chi connectivity index (χ0) is 14.1. The van der Waals surface area contributed by atoms with Crippen molar-refractivity contribution in [1.82, 2.24) is 5.32 Å². The van der Waals surface area contributed by atoms with E-state index < -0.39 is 0 Å². The molecule has 0 heterocycles. The first-order chi connectivity index (χ1) is 9.22. The Kier molecular flexibility index (Phi) is 7.60. The van der Waals surface area contributed by atoms with Crippen LogP contribution in [0.25, 0.3) is 0 Å². The van der Waals surface area contributed by atoms with Crippen LogP contribution in [-0.4, -0.2) is 20.3 Å². The normalized spacial score (nSPS) is 10.3. The van der Waals surface area contributed by atoms with E-state index in [-0.39, 0.29) is 0 Å². The summed E-state index contributed by atoms with van der Waals surface area (Å²) < 4.78 is 12.1. The van der Waals surface area contributed by atoms with E-state index in [2.05, 4.69) is 40.8 Å². The maximum absolute atomic E-state index is 5.78. The van der Waals surface area contributed by atoms with Crippen molar-refractivity contribution < 1.29 is 9.47 Å². The summed E-state index contributed by atoms with van der Waals surface area (Å²) in [5.41, 5.74) is 1.17. The Hall–Kier alpha value is -1.00. The quantitative estimate of drug-likeness (QED) is 0.551. The number of hydrogen-bond donors (Lipinski definition) is 1. The number of unbranched alkanes of at least 4 members (excludes halogenated alkanes) is 1. The number of methoxy groups -OCH3 is 1. The molecule has 0 amide bonds. The van der Waals surface area contributed by atoms with E-state index in [0.717, 1.165) is 41.9 Å². The molecule has 0 bridgehead atoms. The van der Waals surface area contributed by atoms with Gasteiger partial charge in [0.1, 0.15) is 0 Å². The summed E-state index contributed by atoms with van der Waals surface area (Å²) in [7, 11) is 1.66. The molecule has 1 aromatic rings. The van der Waals surface area contributed by atoms with E-state index in [0.29, 0.717) is 6.61 Å². The van der Waals surface area contributed by atoms with E-state index in [1.165, 1.54) is 5.56 Å². The van der Waals surface area contributed by atoms with Crippen molar-refractivity contribution in [3.63, 3.8) is 0 Å². The van der Waals surface area contributed by atoms with Crippen LogP contribution in [0.2, 0.25) is 0 Å². The molecule has 1 rings (SSSR count). The summed E-state index contributed by atoms with van der Waals surface area (Å²) in [6.45, 7) is 8.21.